The molecule has 0 spiro atoms. The number of aliphatic carboxylic acids is 2. The Hall–Kier alpha value is -1.06. The largest absolute Gasteiger partial charge is 0.481 e. The van der Waals surface area contributed by atoms with Crippen LogP contribution in [0.3, 0.4) is 0 Å². The Morgan fingerprint density at radius 2 is 1.38 bits per heavy atom. The Morgan fingerprint density at radius 3 is 1.69 bits per heavy atom. The molecule has 0 aliphatic heterocycles. The van der Waals surface area contributed by atoms with Gasteiger partial charge in [0.1, 0.15) is 0 Å². The summed E-state index contributed by atoms with van der Waals surface area (Å²) >= 11 is 0. The lowest BCUT2D eigenvalue weighted by molar-refractivity contribution is -0.138. The predicted molar refractivity (Wildman–Crippen MR) is 45.3 cm³/mol. The van der Waals surface area contributed by atoms with Gasteiger partial charge in [-0.1, -0.05) is 0 Å². The highest BCUT2D eigenvalue weighted by atomic mass is 16.4. The molecule has 1 rings (SSSR count). The molecule has 1 saturated carbocycles. The summed E-state index contributed by atoms with van der Waals surface area (Å²) in [5.74, 6) is -0.585. The van der Waals surface area contributed by atoms with E-state index in [2.05, 4.69) is 0 Å². The number of carboxylic acid groups (broad SMARTS) is 2. The SMILES string of the molecule is O=C(O)CC[C@@H]1C[C@@H]1CCC(=O)O. The second kappa shape index (κ2) is 4.25. The molecule has 0 saturated heterocycles. The van der Waals surface area contributed by atoms with Gasteiger partial charge in [-0.15, -0.1) is 0 Å². The Labute approximate surface area is 76.6 Å². The lowest BCUT2D eigenvalue weighted by atomic mass is 10.1. The van der Waals surface area contributed by atoms with Crippen LogP contribution in [0, 0.1) is 11.8 Å². The molecule has 0 bridgehead atoms. The van der Waals surface area contributed by atoms with Crippen LogP contribution in [-0.4, -0.2) is 22.2 Å². The molecule has 0 heterocycles. The average Bonchev–Trinajstić information content (AvgIpc) is 2.76. The molecule has 0 amide bonds. The van der Waals surface area contributed by atoms with Gasteiger partial charge in [0, 0.05) is 12.8 Å². The van der Waals surface area contributed by atoms with Crippen LogP contribution in [0.5, 0.6) is 0 Å². The van der Waals surface area contributed by atoms with Crippen LogP contribution < -0.4 is 0 Å². The first-order valence-corrected chi connectivity index (χ1v) is 4.53. The molecule has 2 N–H and O–H groups in total. The first kappa shape index (κ1) is 10.0. The molecular formula is C9H14O4. The molecule has 4 heteroatoms. The molecule has 1 aliphatic rings. The predicted octanol–water partition coefficient (Wildman–Crippen LogP) is 1.35. The molecule has 13 heavy (non-hydrogen) atoms. The van der Waals surface area contributed by atoms with Crippen molar-refractivity contribution < 1.29 is 19.8 Å². The summed E-state index contributed by atoms with van der Waals surface area (Å²) in [5.41, 5.74) is 0. The molecule has 0 aromatic rings. The number of hydrogen-bond acceptors (Lipinski definition) is 2. The minimum atomic E-state index is -0.760. The van der Waals surface area contributed by atoms with Crippen molar-refractivity contribution in [1.29, 1.82) is 0 Å². The lowest BCUT2D eigenvalue weighted by Gasteiger charge is -1.95. The van der Waals surface area contributed by atoms with Gasteiger partial charge >= 0.3 is 11.9 Å². The Morgan fingerprint density at radius 1 is 1.00 bits per heavy atom. The van der Waals surface area contributed by atoms with Crippen LogP contribution in [-0.2, 0) is 9.59 Å². The fourth-order valence-corrected chi connectivity index (χ4v) is 1.64. The zero-order chi connectivity index (χ0) is 9.84. The van der Waals surface area contributed by atoms with E-state index in [4.69, 9.17) is 10.2 Å². The van der Waals surface area contributed by atoms with Crippen molar-refractivity contribution in [2.75, 3.05) is 0 Å². The van der Waals surface area contributed by atoms with E-state index in [0.717, 1.165) is 6.42 Å². The summed E-state index contributed by atoms with van der Waals surface area (Å²) in [4.78, 5) is 20.4. The maximum atomic E-state index is 10.2. The summed E-state index contributed by atoms with van der Waals surface area (Å²) in [6.45, 7) is 0. The second-order valence-electron chi connectivity index (χ2n) is 3.62. The summed E-state index contributed by atoms with van der Waals surface area (Å²) in [6, 6.07) is 0. The van der Waals surface area contributed by atoms with Gasteiger partial charge in [-0.2, -0.15) is 0 Å². The number of carbonyl (C=O) groups is 2. The Kier molecular flexibility index (Phi) is 3.28. The highest BCUT2D eigenvalue weighted by Crippen LogP contribution is 2.45. The first-order valence-electron chi connectivity index (χ1n) is 4.53. The third-order valence-electron chi connectivity index (χ3n) is 2.53. The smallest absolute Gasteiger partial charge is 0.303 e. The molecule has 4 nitrogen and oxygen atoms in total. The monoisotopic (exact) mass is 186 g/mol. The van der Waals surface area contributed by atoms with Gasteiger partial charge in [0.2, 0.25) is 0 Å². The fourth-order valence-electron chi connectivity index (χ4n) is 1.64. The van der Waals surface area contributed by atoms with Crippen LogP contribution in [0.25, 0.3) is 0 Å². The molecule has 0 aromatic carbocycles. The van der Waals surface area contributed by atoms with Crippen molar-refractivity contribution in [3.8, 4) is 0 Å². The fraction of sp³-hybridized carbons (Fsp3) is 0.778. The van der Waals surface area contributed by atoms with Crippen LogP contribution >= 0.6 is 0 Å². The van der Waals surface area contributed by atoms with E-state index in [1.165, 1.54) is 0 Å². The van der Waals surface area contributed by atoms with Crippen LogP contribution in [0.2, 0.25) is 0 Å². The van der Waals surface area contributed by atoms with Crippen molar-refractivity contribution in [3.63, 3.8) is 0 Å². The third kappa shape index (κ3) is 3.92. The summed E-state index contributed by atoms with van der Waals surface area (Å²) in [7, 11) is 0. The van der Waals surface area contributed by atoms with Gasteiger partial charge in [-0.05, 0) is 31.1 Å². The second-order valence-corrected chi connectivity index (χ2v) is 3.62. The van der Waals surface area contributed by atoms with Crippen molar-refractivity contribution in [2.24, 2.45) is 11.8 Å². The number of carboxylic acids is 2. The standard InChI is InChI=1S/C9H14O4/c10-8(11)3-1-6-5-7(6)2-4-9(12)13/h6-7H,1-5H2,(H,10,11)(H,12,13)/t6-,7+. The van der Waals surface area contributed by atoms with Crippen molar-refractivity contribution in [1.82, 2.24) is 0 Å². The zero-order valence-corrected chi connectivity index (χ0v) is 7.40. The molecular weight excluding hydrogens is 172 g/mol. The number of hydrogen-bond donors (Lipinski definition) is 2. The molecule has 0 aromatic heterocycles. The highest BCUT2D eigenvalue weighted by Gasteiger charge is 2.36. The average molecular weight is 186 g/mol. The van der Waals surface area contributed by atoms with Crippen molar-refractivity contribution in [3.05, 3.63) is 0 Å². The van der Waals surface area contributed by atoms with Gasteiger partial charge < -0.3 is 10.2 Å². The van der Waals surface area contributed by atoms with Crippen LogP contribution in [0.4, 0.5) is 0 Å². The Bertz CT molecular complexity index is 190. The molecule has 0 radical (unpaired) electrons. The van der Waals surface area contributed by atoms with E-state index >= 15 is 0 Å². The first-order chi connectivity index (χ1) is 6.09. The van der Waals surface area contributed by atoms with Crippen LogP contribution in [0.15, 0.2) is 0 Å². The third-order valence-corrected chi connectivity index (χ3v) is 2.53. The molecule has 1 aliphatic carbocycles. The summed E-state index contributed by atoms with van der Waals surface area (Å²) < 4.78 is 0. The molecule has 0 unspecified atom stereocenters. The van der Waals surface area contributed by atoms with Crippen molar-refractivity contribution in [2.45, 2.75) is 32.1 Å². The molecule has 74 valence electrons. The molecule has 2 atom stereocenters. The van der Waals surface area contributed by atoms with Gasteiger partial charge in [-0.25, -0.2) is 0 Å². The van der Waals surface area contributed by atoms with E-state index in [-0.39, 0.29) is 12.8 Å². The summed E-state index contributed by atoms with van der Waals surface area (Å²) in [5, 5.41) is 16.8. The van der Waals surface area contributed by atoms with Gasteiger partial charge in [-0.3, -0.25) is 9.59 Å². The zero-order valence-electron chi connectivity index (χ0n) is 7.40. The van der Waals surface area contributed by atoms with E-state index in [9.17, 15) is 9.59 Å². The summed E-state index contributed by atoms with van der Waals surface area (Å²) in [6.07, 6.45) is 2.86. The topological polar surface area (TPSA) is 74.6 Å². The number of rotatable bonds is 6. The van der Waals surface area contributed by atoms with Gasteiger partial charge in [0.25, 0.3) is 0 Å². The van der Waals surface area contributed by atoms with E-state index in [1.807, 2.05) is 0 Å². The minimum Gasteiger partial charge on any atom is -0.481 e. The quantitative estimate of drug-likeness (QED) is 0.656. The highest BCUT2D eigenvalue weighted by molar-refractivity contribution is 5.67. The van der Waals surface area contributed by atoms with Gasteiger partial charge in [0.15, 0.2) is 0 Å². The van der Waals surface area contributed by atoms with E-state index < -0.39 is 11.9 Å². The lowest BCUT2D eigenvalue weighted by Crippen LogP contribution is -1.97. The van der Waals surface area contributed by atoms with Crippen LogP contribution in [0.1, 0.15) is 32.1 Å². The minimum absolute atomic E-state index is 0.217. The normalized spacial score (nSPS) is 25.5. The maximum absolute atomic E-state index is 10.2. The maximum Gasteiger partial charge on any atom is 0.303 e. The van der Waals surface area contributed by atoms with Crippen molar-refractivity contribution >= 4 is 11.9 Å². The van der Waals surface area contributed by atoms with Gasteiger partial charge in [0.05, 0.1) is 0 Å². The van der Waals surface area contributed by atoms with E-state index in [1.54, 1.807) is 0 Å². The molecule has 1 fully saturated rings. The Balaban J connectivity index is 2.02. The van der Waals surface area contributed by atoms with E-state index in [0.29, 0.717) is 24.7 Å².